The number of carbonyl (C=O) groups excluding carboxylic acids is 2. The third-order valence-electron chi connectivity index (χ3n) is 6.46. The largest absolute Gasteiger partial charge is 0.497 e. The van der Waals surface area contributed by atoms with Crippen LogP contribution >= 0.6 is 0 Å². The lowest BCUT2D eigenvalue weighted by Gasteiger charge is -2.33. The summed E-state index contributed by atoms with van der Waals surface area (Å²) in [6.07, 6.45) is 0.364. The van der Waals surface area contributed by atoms with Crippen molar-refractivity contribution in [3.05, 3.63) is 89.5 Å². The van der Waals surface area contributed by atoms with Gasteiger partial charge in [-0.05, 0) is 69.2 Å². The number of hydrogen-bond donors (Lipinski definition) is 1. The lowest BCUT2D eigenvalue weighted by atomic mass is 10.1. The van der Waals surface area contributed by atoms with Crippen molar-refractivity contribution in [2.45, 2.75) is 51.6 Å². The van der Waals surface area contributed by atoms with Crippen molar-refractivity contribution in [3.63, 3.8) is 0 Å². The van der Waals surface area contributed by atoms with Gasteiger partial charge >= 0.3 is 0 Å². The molecule has 0 aliphatic heterocycles. The van der Waals surface area contributed by atoms with Crippen molar-refractivity contribution >= 4 is 27.5 Å². The molecule has 0 bridgehead atoms. The molecule has 3 rings (SSSR count). The zero-order valence-electron chi connectivity index (χ0n) is 23.2. The highest BCUT2D eigenvalue weighted by Gasteiger charge is 2.33. The number of benzene rings is 3. The Bertz CT molecular complexity index is 1360. The molecule has 0 saturated carbocycles. The van der Waals surface area contributed by atoms with Crippen molar-refractivity contribution in [1.82, 2.24) is 10.2 Å². The molecular formula is C30H37N3O5S. The van der Waals surface area contributed by atoms with Gasteiger partial charge in [-0.1, -0.05) is 54.4 Å². The van der Waals surface area contributed by atoms with Crippen LogP contribution in [-0.4, -0.2) is 51.4 Å². The summed E-state index contributed by atoms with van der Waals surface area (Å²) in [6, 6.07) is 19.9. The highest BCUT2D eigenvalue weighted by molar-refractivity contribution is 7.92. The van der Waals surface area contributed by atoms with E-state index >= 15 is 0 Å². The first-order chi connectivity index (χ1) is 18.6. The number of rotatable bonds is 12. The molecule has 0 unspecified atom stereocenters. The number of nitrogens with zero attached hydrogens (tertiary/aromatic N) is 2. The molecule has 8 nitrogen and oxygen atoms in total. The first-order valence-corrected chi connectivity index (χ1v) is 14.4. The maximum atomic E-state index is 14.0. The molecule has 3 aromatic carbocycles. The molecule has 3 aromatic rings. The summed E-state index contributed by atoms with van der Waals surface area (Å²) in [5.74, 6) is -0.104. The molecule has 0 saturated heterocycles. The molecule has 208 valence electrons. The van der Waals surface area contributed by atoms with Gasteiger partial charge in [0.15, 0.2) is 0 Å². The number of anilines is 1. The van der Waals surface area contributed by atoms with Gasteiger partial charge in [0, 0.05) is 13.1 Å². The molecule has 0 fully saturated rings. The molecule has 0 heterocycles. The molecular weight excluding hydrogens is 514 g/mol. The Morgan fingerprint density at radius 2 is 1.44 bits per heavy atom. The number of amides is 2. The van der Waals surface area contributed by atoms with Crippen LogP contribution < -0.4 is 14.4 Å². The lowest BCUT2D eigenvalue weighted by molar-refractivity contribution is -0.140. The van der Waals surface area contributed by atoms with E-state index in [0.29, 0.717) is 24.4 Å². The average molecular weight is 552 g/mol. The summed E-state index contributed by atoms with van der Waals surface area (Å²) in [5, 5.41) is 2.80. The third kappa shape index (κ3) is 7.38. The van der Waals surface area contributed by atoms with Crippen LogP contribution in [0, 0.1) is 13.8 Å². The first kappa shape index (κ1) is 29.7. The van der Waals surface area contributed by atoms with Gasteiger partial charge in [-0.3, -0.25) is 13.9 Å². The Kier molecular flexibility index (Phi) is 10.1. The first-order valence-electron chi connectivity index (χ1n) is 13.0. The fourth-order valence-electron chi connectivity index (χ4n) is 4.22. The minimum absolute atomic E-state index is 0.0824. The summed E-state index contributed by atoms with van der Waals surface area (Å²) in [4.78, 5) is 28.5. The summed E-state index contributed by atoms with van der Waals surface area (Å²) >= 11 is 0. The van der Waals surface area contributed by atoms with Crippen LogP contribution in [0.4, 0.5) is 5.69 Å². The summed E-state index contributed by atoms with van der Waals surface area (Å²) in [7, 11) is -2.52. The van der Waals surface area contributed by atoms with Crippen LogP contribution in [-0.2, 0) is 26.2 Å². The van der Waals surface area contributed by atoms with Crippen LogP contribution in [0.15, 0.2) is 77.7 Å². The molecule has 1 N–H and O–H groups in total. The number of methoxy groups -OCH3 is 1. The van der Waals surface area contributed by atoms with Gasteiger partial charge in [-0.15, -0.1) is 0 Å². The van der Waals surface area contributed by atoms with Crippen LogP contribution in [0.3, 0.4) is 0 Å². The smallest absolute Gasteiger partial charge is 0.264 e. The van der Waals surface area contributed by atoms with E-state index in [1.54, 1.807) is 55.6 Å². The summed E-state index contributed by atoms with van der Waals surface area (Å²) < 4.78 is 34.1. The van der Waals surface area contributed by atoms with Gasteiger partial charge in [-0.25, -0.2) is 8.42 Å². The van der Waals surface area contributed by atoms with Crippen molar-refractivity contribution in [1.29, 1.82) is 0 Å². The number of sulfonamides is 1. The quantitative estimate of drug-likeness (QED) is 0.359. The van der Waals surface area contributed by atoms with E-state index in [-0.39, 0.29) is 17.3 Å². The lowest BCUT2D eigenvalue weighted by Crippen LogP contribution is -2.52. The highest BCUT2D eigenvalue weighted by atomic mass is 32.2. The second-order valence-corrected chi connectivity index (χ2v) is 11.2. The van der Waals surface area contributed by atoms with Gasteiger partial charge in [0.25, 0.3) is 10.0 Å². The molecule has 39 heavy (non-hydrogen) atoms. The zero-order chi connectivity index (χ0) is 28.6. The predicted octanol–water partition coefficient (Wildman–Crippen LogP) is 4.45. The Labute approximate surface area is 231 Å². The summed E-state index contributed by atoms with van der Waals surface area (Å²) in [5.41, 5.74) is 3.03. The fourth-order valence-corrected chi connectivity index (χ4v) is 5.63. The van der Waals surface area contributed by atoms with E-state index in [9.17, 15) is 18.0 Å². The molecule has 1 atom stereocenters. The molecule has 0 spiro atoms. The number of ether oxygens (including phenoxy) is 1. The minimum atomic E-state index is -4.09. The Morgan fingerprint density at radius 3 is 1.95 bits per heavy atom. The Hall–Kier alpha value is -3.85. The van der Waals surface area contributed by atoms with Gasteiger partial charge in [0.05, 0.1) is 17.7 Å². The summed E-state index contributed by atoms with van der Waals surface area (Å²) in [6.45, 7) is 7.50. The third-order valence-corrected chi connectivity index (χ3v) is 8.25. The SMILES string of the molecule is CCNC(=O)[C@H](CC)N(Cc1ccc(OC)cc1)C(=O)CN(c1ccc(C)cc1)S(=O)(=O)c1ccc(C)cc1. The fraction of sp³-hybridized carbons (Fsp3) is 0.333. The predicted molar refractivity (Wildman–Crippen MR) is 153 cm³/mol. The van der Waals surface area contributed by atoms with Gasteiger partial charge in [0.2, 0.25) is 11.8 Å². The minimum Gasteiger partial charge on any atom is -0.497 e. The number of nitrogens with one attached hydrogen (secondary N) is 1. The maximum Gasteiger partial charge on any atom is 0.264 e. The maximum absolute atomic E-state index is 14.0. The molecule has 2 amide bonds. The second kappa shape index (κ2) is 13.3. The monoisotopic (exact) mass is 551 g/mol. The molecule has 0 aromatic heterocycles. The molecule has 9 heteroatoms. The van der Waals surface area contributed by atoms with E-state index in [1.807, 2.05) is 39.8 Å². The van der Waals surface area contributed by atoms with Crippen LogP contribution in [0.5, 0.6) is 5.75 Å². The van der Waals surface area contributed by atoms with Crippen LogP contribution in [0.1, 0.15) is 37.0 Å². The number of likely N-dealkylation sites (N-methyl/N-ethyl adjacent to an activating group) is 1. The Balaban J connectivity index is 2.04. The second-order valence-electron chi connectivity index (χ2n) is 9.35. The highest BCUT2D eigenvalue weighted by Crippen LogP contribution is 2.26. The standard InChI is InChI=1S/C30H37N3O5S/c1-6-28(30(35)31-7-2)32(20-24-12-16-26(38-5)17-13-24)29(34)21-33(25-14-8-22(3)9-15-25)39(36,37)27-18-10-23(4)11-19-27/h8-19,28H,6-7,20-21H2,1-5H3,(H,31,35)/t28-/m0/s1. The van der Waals surface area contributed by atoms with Crippen LogP contribution in [0.2, 0.25) is 0 Å². The van der Waals surface area contributed by atoms with Crippen molar-refractivity contribution < 1.29 is 22.7 Å². The van der Waals surface area contributed by atoms with E-state index in [1.165, 1.54) is 17.0 Å². The van der Waals surface area contributed by atoms with Crippen molar-refractivity contribution in [2.75, 3.05) is 24.5 Å². The van der Waals surface area contributed by atoms with Gasteiger partial charge in [0.1, 0.15) is 18.3 Å². The van der Waals surface area contributed by atoms with Crippen LogP contribution in [0.25, 0.3) is 0 Å². The van der Waals surface area contributed by atoms with Crippen molar-refractivity contribution in [3.8, 4) is 5.75 Å². The van der Waals surface area contributed by atoms with Gasteiger partial charge in [-0.2, -0.15) is 0 Å². The van der Waals surface area contributed by atoms with E-state index in [2.05, 4.69) is 5.32 Å². The van der Waals surface area contributed by atoms with E-state index in [4.69, 9.17) is 4.74 Å². The normalized spacial score (nSPS) is 11.9. The average Bonchev–Trinajstić information content (AvgIpc) is 2.92. The number of carbonyl (C=O) groups is 2. The Morgan fingerprint density at radius 1 is 0.872 bits per heavy atom. The molecule has 0 aliphatic rings. The molecule has 0 aliphatic carbocycles. The van der Waals surface area contributed by atoms with Gasteiger partial charge < -0.3 is 15.0 Å². The van der Waals surface area contributed by atoms with E-state index in [0.717, 1.165) is 21.0 Å². The number of hydrogen-bond acceptors (Lipinski definition) is 5. The molecule has 0 radical (unpaired) electrons. The zero-order valence-corrected chi connectivity index (χ0v) is 24.0. The van der Waals surface area contributed by atoms with E-state index < -0.39 is 28.5 Å². The number of aryl methyl sites for hydroxylation is 2. The van der Waals surface area contributed by atoms with Crippen molar-refractivity contribution in [2.24, 2.45) is 0 Å². The topological polar surface area (TPSA) is 96.0 Å².